The number of nitrogens with one attached hydrogen (secondary N) is 1. The Kier molecular flexibility index (Phi) is 5.43. The SMILES string of the molecule is CCC1C[N+]23CCc4c([nH]c5ccccc45)C2CC1CC3.Cc1ccc(S(=O)(=O)[O-])cc1. The molecule has 0 radical (unpaired) electrons. The minimum absolute atomic E-state index is 0.178. The average Bonchev–Trinajstić information content (AvgIpc) is 3.18. The fourth-order valence-electron chi connectivity index (χ4n) is 6.50. The quantitative estimate of drug-likeness (QED) is 0.443. The molecule has 0 aliphatic carbocycles. The van der Waals surface area contributed by atoms with Crippen LogP contribution in [0.15, 0.2) is 53.4 Å². The lowest BCUT2D eigenvalue weighted by Gasteiger charge is -2.59. The maximum atomic E-state index is 10.4. The predicted octanol–water partition coefficient (Wildman–Crippen LogP) is 4.93. The van der Waals surface area contributed by atoms with Crippen molar-refractivity contribution in [3.63, 3.8) is 0 Å². The molecular weight excluding hydrogens is 420 g/mol. The number of fused-ring (bicyclic) bond motifs is 5. The molecule has 1 spiro atoms. The summed E-state index contributed by atoms with van der Waals surface area (Å²) in [5.41, 5.74) is 5.52. The number of aromatic nitrogens is 1. The standard InChI is InChI=1S/C19H25N2.C7H8O3S/c1-2-13-12-21-9-7-14(13)11-18(21)19-16(8-10-21)15-5-3-4-6-17(15)20-19;1-6-2-4-7(5-3-6)11(8,9)10/h3-6,13-14,18,20H,2,7-12H2,1H3;2-5H,1H3,(H,8,9,10)/q+1;/p-1. The topological polar surface area (TPSA) is 73.0 Å². The van der Waals surface area contributed by atoms with Crippen LogP contribution in [-0.2, 0) is 16.5 Å². The van der Waals surface area contributed by atoms with Crippen LogP contribution < -0.4 is 0 Å². The summed E-state index contributed by atoms with van der Waals surface area (Å²) < 4.78 is 32.6. The van der Waals surface area contributed by atoms with E-state index in [1.54, 1.807) is 23.4 Å². The second-order valence-corrected chi connectivity index (χ2v) is 11.3. The fraction of sp³-hybridized carbons (Fsp3) is 0.462. The Morgan fingerprint density at radius 3 is 2.56 bits per heavy atom. The van der Waals surface area contributed by atoms with Crippen molar-refractivity contribution in [2.75, 3.05) is 19.6 Å². The van der Waals surface area contributed by atoms with E-state index in [1.807, 2.05) is 6.92 Å². The molecule has 32 heavy (non-hydrogen) atoms. The zero-order chi connectivity index (χ0) is 22.5. The van der Waals surface area contributed by atoms with Crippen molar-refractivity contribution in [2.24, 2.45) is 11.8 Å². The Morgan fingerprint density at radius 1 is 1.09 bits per heavy atom. The highest BCUT2D eigenvalue weighted by atomic mass is 32.2. The van der Waals surface area contributed by atoms with Gasteiger partial charge in [-0.3, -0.25) is 0 Å². The van der Waals surface area contributed by atoms with E-state index < -0.39 is 10.1 Å². The smallest absolute Gasteiger partial charge is 0.130 e. The van der Waals surface area contributed by atoms with Crippen LogP contribution in [0.1, 0.15) is 49.0 Å². The highest BCUT2D eigenvalue weighted by Crippen LogP contribution is 2.53. The molecule has 5 nitrogen and oxygen atoms in total. The number of para-hydroxylation sites is 1. The normalized spacial score (nSPS) is 28.5. The van der Waals surface area contributed by atoms with Gasteiger partial charge < -0.3 is 14.0 Å². The predicted molar refractivity (Wildman–Crippen MR) is 125 cm³/mol. The van der Waals surface area contributed by atoms with Gasteiger partial charge in [0.25, 0.3) is 0 Å². The summed E-state index contributed by atoms with van der Waals surface area (Å²) in [6, 6.07) is 15.5. The van der Waals surface area contributed by atoms with Gasteiger partial charge in [0.15, 0.2) is 0 Å². The van der Waals surface area contributed by atoms with Crippen LogP contribution in [0.3, 0.4) is 0 Å². The molecule has 1 aromatic heterocycles. The minimum Gasteiger partial charge on any atom is -0.744 e. The van der Waals surface area contributed by atoms with Gasteiger partial charge in [-0.05, 0) is 43.0 Å². The first-order valence-corrected chi connectivity index (χ1v) is 13.2. The molecule has 6 heteroatoms. The summed E-state index contributed by atoms with van der Waals surface area (Å²) in [6.07, 6.45) is 5.57. The van der Waals surface area contributed by atoms with Gasteiger partial charge in [-0.1, -0.05) is 42.8 Å². The first-order chi connectivity index (χ1) is 15.3. The molecule has 2 bridgehead atoms. The monoisotopic (exact) mass is 452 g/mol. The molecule has 4 aliphatic rings. The molecule has 1 N–H and O–H groups in total. The molecule has 4 aliphatic heterocycles. The van der Waals surface area contributed by atoms with Gasteiger partial charge in [0.1, 0.15) is 16.2 Å². The van der Waals surface area contributed by atoms with Crippen LogP contribution in [0.4, 0.5) is 0 Å². The van der Waals surface area contributed by atoms with E-state index in [2.05, 4.69) is 36.2 Å². The summed E-state index contributed by atoms with van der Waals surface area (Å²) in [5.74, 6) is 1.97. The van der Waals surface area contributed by atoms with Crippen LogP contribution in [0, 0.1) is 18.8 Å². The van der Waals surface area contributed by atoms with Crippen LogP contribution >= 0.6 is 0 Å². The molecule has 3 fully saturated rings. The molecule has 3 saturated heterocycles. The number of hydrogen-bond acceptors (Lipinski definition) is 3. The zero-order valence-electron chi connectivity index (χ0n) is 18.9. The number of quaternary nitrogens is 1. The number of hydrogen-bond donors (Lipinski definition) is 1. The highest BCUT2D eigenvalue weighted by molar-refractivity contribution is 7.85. The van der Waals surface area contributed by atoms with E-state index in [0.29, 0.717) is 0 Å². The Balaban J connectivity index is 0.000000168. The summed E-state index contributed by atoms with van der Waals surface area (Å²) >= 11 is 0. The second-order valence-electron chi connectivity index (χ2n) is 9.90. The summed E-state index contributed by atoms with van der Waals surface area (Å²) in [5, 5.41) is 1.49. The van der Waals surface area contributed by atoms with Crippen molar-refractivity contribution in [1.29, 1.82) is 0 Å². The van der Waals surface area contributed by atoms with E-state index in [0.717, 1.165) is 23.4 Å². The Bertz CT molecular complexity index is 1230. The number of rotatable bonds is 2. The van der Waals surface area contributed by atoms with Gasteiger partial charge in [-0.15, -0.1) is 0 Å². The Hall–Kier alpha value is -2.15. The largest absolute Gasteiger partial charge is 0.744 e. The van der Waals surface area contributed by atoms with Gasteiger partial charge in [-0.25, -0.2) is 8.42 Å². The van der Waals surface area contributed by atoms with Crippen molar-refractivity contribution < 1.29 is 17.5 Å². The highest BCUT2D eigenvalue weighted by Gasteiger charge is 2.54. The van der Waals surface area contributed by atoms with Gasteiger partial charge in [-0.2, -0.15) is 0 Å². The third kappa shape index (κ3) is 3.68. The maximum Gasteiger partial charge on any atom is 0.130 e. The number of aryl methyl sites for hydroxylation is 1. The van der Waals surface area contributed by atoms with Gasteiger partial charge in [0.05, 0.1) is 30.2 Å². The van der Waals surface area contributed by atoms with Crippen LogP contribution in [0.25, 0.3) is 10.9 Å². The molecule has 4 atom stereocenters. The molecule has 0 amide bonds. The first-order valence-electron chi connectivity index (χ1n) is 11.8. The van der Waals surface area contributed by atoms with Crippen molar-refractivity contribution in [3.05, 3.63) is 65.4 Å². The lowest BCUT2D eigenvalue weighted by Crippen LogP contribution is -2.65. The molecule has 2 aromatic carbocycles. The summed E-state index contributed by atoms with van der Waals surface area (Å²) in [7, 11) is -4.27. The van der Waals surface area contributed by atoms with Gasteiger partial charge in [0, 0.05) is 36.1 Å². The fourth-order valence-corrected chi connectivity index (χ4v) is 6.97. The molecule has 4 unspecified atom stereocenters. The molecule has 3 aromatic rings. The van der Waals surface area contributed by atoms with Crippen LogP contribution in [-0.4, -0.2) is 42.1 Å². The maximum absolute atomic E-state index is 10.4. The van der Waals surface area contributed by atoms with Crippen molar-refractivity contribution in [2.45, 2.75) is 50.5 Å². The van der Waals surface area contributed by atoms with Gasteiger partial charge in [0.2, 0.25) is 0 Å². The average molecular weight is 453 g/mol. The molecular formula is C26H32N2O3S. The van der Waals surface area contributed by atoms with Crippen molar-refractivity contribution >= 4 is 21.0 Å². The van der Waals surface area contributed by atoms with Crippen LogP contribution in [0.5, 0.6) is 0 Å². The number of H-pyrrole nitrogens is 1. The van der Waals surface area contributed by atoms with Gasteiger partial charge >= 0.3 is 0 Å². The molecule has 0 saturated carbocycles. The number of aromatic amines is 1. The number of nitrogens with zero attached hydrogens (tertiary/aromatic N) is 1. The number of piperidine rings is 3. The molecule has 170 valence electrons. The van der Waals surface area contributed by atoms with E-state index in [4.69, 9.17) is 0 Å². The first kappa shape index (κ1) is 21.7. The van der Waals surface area contributed by atoms with E-state index in [1.165, 1.54) is 72.8 Å². The lowest BCUT2D eigenvalue weighted by atomic mass is 9.70. The molecule has 5 heterocycles. The Morgan fingerprint density at radius 2 is 1.84 bits per heavy atom. The lowest BCUT2D eigenvalue weighted by molar-refractivity contribution is -0.978. The van der Waals surface area contributed by atoms with E-state index >= 15 is 0 Å². The third-order valence-corrected chi connectivity index (χ3v) is 9.07. The second kappa shape index (κ2) is 8.01. The molecule has 7 rings (SSSR count). The Labute approximate surface area is 190 Å². The third-order valence-electron chi connectivity index (χ3n) is 8.22. The van der Waals surface area contributed by atoms with Crippen molar-refractivity contribution in [1.82, 2.24) is 4.98 Å². The van der Waals surface area contributed by atoms with E-state index in [9.17, 15) is 13.0 Å². The number of benzene rings is 2. The van der Waals surface area contributed by atoms with Crippen LogP contribution in [0.2, 0.25) is 0 Å². The zero-order valence-corrected chi connectivity index (χ0v) is 19.7. The summed E-state index contributed by atoms with van der Waals surface area (Å²) in [6.45, 7) is 8.48. The van der Waals surface area contributed by atoms with E-state index in [-0.39, 0.29) is 4.90 Å². The minimum atomic E-state index is -4.27. The summed E-state index contributed by atoms with van der Waals surface area (Å²) in [4.78, 5) is 3.63. The van der Waals surface area contributed by atoms with Crippen molar-refractivity contribution in [3.8, 4) is 0 Å².